The van der Waals surface area contributed by atoms with E-state index in [0.29, 0.717) is 6.61 Å². The molecule has 0 saturated carbocycles. The summed E-state index contributed by atoms with van der Waals surface area (Å²) in [7, 11) is 2.10. The van der Waals surface area contributed by atoms with Crippen LogP contribution in [0.25, 0.3) is 0 Å². The van der Waals surface area contributed by atoms with Crippen LogP contribution in [-0.4, -0.2) is 36.7 Å². The number of alkyl carbamates (subject to hydrolysis) is 1. The quantitative estimate of drug-likeness (QED) is 0.798. The van der Waals surface area contributed by atoms with Crippen molar-refractivity contribution < 1.29 is 9.53 Å². The molecule has 0 aromatic heterocycles. The van der Waals surface area contributed by atoms with Crippen molar-refractivity contribution >= 4 is 6.09 Å². The first-order chi connectivity index (χ1) is 9.93. The van der Waals surface area contributed by atoms with Crippen LogP contribution in [0.5, 0.6) is 0 Å². The van der Waals surface area contributed by atoms with Gasteiger partial charge in [0.05, 0.1) is 0 Å². The van der Waals surface area contributed by atoms with Crippen molar-refractivity contribution in [3.05, 3.63) is 35.9 Å². The largest absolute Gasteiger partial charge is 0.445 e. The van der Waals surface area contributed by atoms with E-state index < -0.39 is 0 Å². The van der Waals surface area contributed by atoms with Gasteiger partial charge >= 0.3 is 6.09 Å². The van der Waals surface area contributed by atoms with Crippen molar-refractivity contribution in [2.75, 3.05) is 20.1 Å². The second-order valence-electron chi connectivity index (χ2n) is 6.12. The van der Waals surface area contributed by atoms with E-state index in [0.717, 1.165) is 31.5 Å². The molecular weight excluding hydrogens is 264 g/mol. The highest BCUT2D eigenvalue weighted by Crippen LogP contribution is 2.10. The number of nitrogens with zero attached hydrogens (tertiary/aromatic N) is 1. The average molecular weight is 292 g/mol. The minimum atomic E-state index is -0.359. The van der Waals surface area contributed by atoms with Gasteiger partial charge in [0.2, 0.25) is 0 Å². The molecule has 0 fully saturated rings. The number of rotatable bonds is 8. The summed E-state index contributed by atoms with van der Waals surface area (Å²) < 4.78 is 5.25. The summed E-state index contributed by atoms with van der Waals surface area (Å²) in [6.45, 7) is 8.56. The molecule has 118 valence electrons. The zero-order valence-electron chi connectivity index (χ0n) is 13.7. The molecule has 0 atom stereocenters. The van der Waals surface area contributed by atoms with Gasteiger partial charge in [-0.1, -0.05) is 37.3 Å². The van der Waals surface area contributed by atoms with Crippen molar-refractivity contribution in [2.24, 2.45) is 0 Å². The Morgan fingerprint density at radius 2 is 1.90 bits per heavy atom. The molecule has 0 unspecified atom stereocenters. The van der Waals surface area contributed by atoms with Crippen molar-refractivity contribution in [1.29, 1.82) is 0 Å². The van der Waals surface area contributed by atoms with Gasteiger partial charge in [-0.3, -0.25) is 0 Å². The summed E-state index contributed by atoms with van der Waals surface area (Å²) in [6.07, 6.45) is 1.68. The van der Waals surface area contributed by atoms with Crippen LogP contribution in [0.15, 0.2) is 30.3 Å². The number of hydrogen-bond acceptors (Lipinski definition) is 3. The molecular formula is C17H28N2O2. The highest BCUT2D eigenvalue weighted by molar-refractivity contribution is 5.68. The van der Waals surface area contributed by atoms with Crippen LogP contribution in [0.4, 0.5) is 4.79 Å². The molecule has 4 heteroatoms. The lowest BCUT2D eigenvalue weighted by Gasteiger charge is -2.28. The Morgan fingerprint density at radius 3 is 2.52 bits per heavy atom. The second kappa shape index (κ2) is 8.67. The van der Waals surface area contributed by atoms with Gasteiger partial charge < -0.3 is 15.0 Å². The third-order valence-electron chi connectivity index (χ3n) is 3.38. The maximum absolute atomic E-state index is 11.9. The number of carbonyl (C=O) groups is 1. The summed E-state index contributed by atoms with van der Waals surface area (Å²) in [5, 5.41) is 2.94. The number of hydrogen-bond donors (Lipinski definition) is 1. The van der Waals surface area contributed by atoms with Gasteiger partial charge in [0.1, 0.15) is 6.61 Å². The van der Waals surface area contributed by atoms with E-state index in [2.05, 4.69) is 24.2 Å². The zero-order valence-corrected chi connectivity index (χ0v) is 13.7. The van der Waals surface area contributed by atoms with E-state index in [1.165, 1.54) is 0 Å². The molecule has 0 radical (unpaired) electrons. The normalized spacial score (nSPS) is 11.5. The molecule has 21 heavy (non-hydrogen) atoms. The molecule has 0 heterocycles. The Labute approximate surface area is 128 Å². The lowest BCUT2D eigenvalue weighted by Crippen LogP contribution is -2.45. The van der Waals surface area contributed by atoms with Crippen LogP contribution in [0, 0.1) is 0 Å². The first-order valence-electron chi connectivity index (χ1n) is 7.60. The molecule has 0 aliphatic heterocycles. The third kappa shape index (κ3) is 7.71. The topological polar surface area (TPSA) is 41.6 Å². The molecule has 1 aromatic rings. The molecule has 0 spiro atoms. The first kappa shape index (κ1) is 17.5. The van der Waals surface area contributed by atoms with E-state index in [1.54, 1.807) is 0 Å². The van der Waals surface area contributed by atoms with Gasteiger partial charge in [-0.15, -0.1) is 0 Å². The Bertz CT molecular complexity index is 418. The zero-order chi connectivity index (χ0) is 15.7. The van der Waals surface area contributed by atoms with Gasteiger partial charge in [0, 0.05) is 12.1 Å². The van der Waals surface area contributed by atoms with Gasteiger partial charge in [-0.25, -0.2) is 4.79 Å². The molecule has 1 amide bonds. The molecule has 0 bridgehead atoms. The monoisotopic (exact) mass is 292 g/mol. The Kier molecular flexibility index (Phi) is 7.23. The minimum absolute atomic E-state index is 0.268. The molecule has 1 N–H and O–H groups in total. The molecule has 4 nitrogen and oxygen atoms in total. The van der Waals surface area contributed by atoms with E-state index in [1.807, 2.05) is 44.2 Å². The summed E-state index contributed by atoms with van der Waals surface area (Å²) in [5.41, 5.74) is 0.726. The van der Waals surface area contributed by atoms with Gasteiger partial charge in [0.25, 0.3) is 0 Å². The van der Waals surface area contributed by atoms with Crippen molar-refractivity contribution in [2.45, 2.75) is 45.8 Å². The predicted molar refractivity (Wildman–Crippen MR) is 86.2 cm³/mol. The third-order valence-corrected chi connectivity index (χ3v) is 3.38. The number of benzene rings is 1. The van der Waals surface area contributed by atoms with Crippen LogP contribution in [-0.2, 0) is 11.3 Å². The van der Waals surface area contributed by atoms with Crippen molar-refractivity contribution in [3.63, 3.8) is 0 Å². The standard InChI is InChI=1S/C17H28N2O2/c1-5-12-19(4)13-11-17(2,3)18-16(20)21-14-15-9-7-6-8-10-15/h6-10H,5,11-14H2,1-4H3,(H,18,20). The second-order valence-corrected chi connectivity index (χ2v) is 6.12. The summed E-state index contributed by atoms with van der Waals surface area (Å²) in [6, 6.07) is 9.70. The van der Waals surface area contributed by atoms with Crippen molar-refractivity contribution in [3.8, 4) is 0 Å². The molecule has 0 aliphatic carbocycles. The summed E-state index contributed by atoms with van der Waals surface area (Å²) in [5.74, 6) is 0. The van der Waals surface area contributed by atoms with Crippen LogP contribution in [0.1, 0.15) is 39.2 Å². The van der Waals surface area contributed by atoms with Gasteiger partial charge in [0.15, 0.2) is 0 Å². The van der Waals surface area contributed by atoms with Crippen molar-refractivity contribution in [1.82, 2.24) is 10.2 Å². The summed E-state index contributed by atoms with van der Waals surface area (Å²) in [4.78, 5) is 14.1. The Hall–Kier alpha value is -1.55. The van der Waals surface area contributed by atoms with E-state index >= 15 is 0 Å². The maximum Gasteiger partial charge on any atom is 0.407 e. The van der Waals surface area contributed by atoms with Crippen LogP contribution in [0.2, 0.25) is 0 Å². The number of ether oxygens (including phenoxy) is 1. The number of carbonyl (C=O) groups excluding carboxylic acids is 1. The average Bonchev–Trinajstić information content (AvgIpc) is 2.44. The lowest BCUT2D eigenvalue weighted by molar-refractivity contribution is 0.127. The van der Waals surface area contributed by atoms with E-state index in [9.17, 15) is 4.79 Å². The smallest absolute Gasteiger partial charge is 0.407 e. The fourth-order valence-corrected chi connectivity index (χ4v) is 2.06. The highest BCUT2D eigenvalue weighted by atomic mass is 16.5. The Morgan fingerprint density at radius 1 is 1.24 bits per heavy atom. The van der Waals surface area contributed by atoms with E-state index in [4.69, 9.17) is 4.74 Å². The van der Waals surface area contributed by atoms with Crippen LogP contribution >= 0.6 is 0 Å². The SMILES string of the molecule is CCCN(C)CCC(C)(C)NC(=O)OCc1ccccc1. The van der Waals surface area contributed by atoms with E-state index in [-0.39, 0.29) is 11.6 Å². The molecule has 1 rings (SSSR count). The Balaban J connectivity index is 2.31. The fraction of sp³-hybridized carbons (Fsp3) is 0.588. The lowest BCUT2D eigenvalue weighted by atomic mass is 10.0. The highest BCUT2D eigenvalue weighted by Gasteiger charge is 2.21. The maximum atomic E-state index is 11.9. The van der Waals surface area contributed by atoms with Crippen LogP contribution < -0.4 is 5.32 Å². The summed E-state index contributed by atoms with van der Waals surface area (Å²) >= 11 is 0. The van der Waals surface area contributed by atoms with Gasteiger partial charge in [-0.2, -0.15) is 0 Å². The number of amides is 1. The fourth-order valence-electron chi connectivity index (χ4n) is 2.06. The molecule has 0 saturated heterocycles. The molecule has 0 aliphatic rings. The molecule has 1 aromatic carbocycles. The van der Waals surface area contributed by atoms with Gasteiger partial charge in [-0.05, 0) is 45.8 Å². The predicted octanol–water partition coefficient (Wildman–Crippen LogP) is 3.42. The minimum Gasteiger partial charge on any atom is -0.445 e. The van der Waals surface area contributed by atoms with Crippen LogP contribution in [0.3, 0.4) is 0 Å². The number of nitrogens with one attached hydrogen (secondary N) is 1. The first-order valence-corrected chi connectivity index (χ1v) is 7.60.